The normalized spacial score (nSPS) is 13.9. The van der Waals surface area contributed by atoms with Crippen LogP contribution in [-0.2, 0) is 19.6 Å². The topological polar surface area (TPSA) is 86.2 Å². The molecule has 27 heavy (non-hydrogen) atoms. The molecular formula is C18H18FN5O3. The van der Waals surface area contributed by atoms with Gasteiger partial charge < -0.3 is 9.42 Å². The highest BCUT2D eigenvalue weighted by molar-refractivity contribution is 5.91. The lowest BCUT2D eigenvalue weighted by Gasteiger charge is -2.26. The fourth-order valence-electron chi connectivity index (χ4n) is 3.23. The second kappa shape index (κ2) is 6.49. The Hall–Kier alpha value is -3.23. The highest BCUT2D eigenvalue weighted by atomic mass is 19.1. The molecule has 0 spiro atoms. The first-order chi connectivity index (χ1) is 13.0. The van der Waals surface area contributed by atoms with Gasteiger partial charge >= 0.3 is 5.69 Å². The molecule has 1 aliphatic heterocycles. The van der Waals surface area contributed by atoms with Crippen molar-refractivity contribution < 1.29 is 13.7 Å². The Morgan fingerprint density at radius 2 is 1.93 bits per heavy atom. The van der Waals surface area contributed by atoms with E-state index < -0.39 is 0 Å². The number of carbonyl (C=O) groups is 1. The van der Waals surface area contributed by atoms with Crippen LogP contribution in [0.2, 0.25) is 0 Å². The Bertz CT molecular complexity index is 1060. The number of benzene rings is 1. The van der Waals surface area contributed by atoms with Crippen molar-refractivity contribution >= 4 is 5.91 Å². The molecule has 0 bridgehead atoms. The number of hydrogen-bond acceptors (Lipinski definition) is 5. The van der Waals surface area contributed by atoms with Crippen LogP contribution in [0.1, 0.15) is 33.2 Å². The number of hydrogen-bond donors (Lipinski definition) is 0. The van der Waals surface area contributed by atoms with Crippen molar-refractivity contribution in [3.63, 3.8) is 0 Å². The first-order valence-electron chi connectivity index (χ1n) is 8.57. The quantitative estimate of drug-likeness (QED) is 0.694. The minimum atomic E-state index is -0.390. The average molecular weight is 371 g/mol. The van der Waals surface area contributed by atoms with E-state index >= 15 is 0 Å². The van der Waals surface area contributed by atoms with Crippen molar-refractivity contribution in [3.05, 3.63) is 69.0 Å². The molecule has 0 radical (unpaired) electrons. The summed E-state index contributed by atoms with van der Waals surface area (Å²) in [5.41, 5.74) is 1.52. The lowest BCUT2D eigenvalue weighted by molar-refractivity contribution is 0.0679. The molecule has 2 aromatic heterocycles. The van der Waals surface area contributed by atoms with Gasteiger partial charge in [0.05, 0.1) is 12.2 Å². The summed E-state index contributed by atoms with van der Waals surface area (Å²) in [5, 5.41) is 8.09. The fraction of sp³-hybridized carbons (Fsp3) is 0.333. The summed E-state index contributed by atoms with van der Waals surface area (Å²) >= 11 is 0. The van der Waals surface area contributed by atoms with Gasteiger partial charge in [-0.2, -0.15) is 0 Å². The van der Waals surface area contributed by atoms with E-state index in [4.69, 9.17) is 4.52 Å². The smallest absolute Gasteiger partial charge is 0.346 e. The molecule has 3 aromatic rings. The molecule has 3 heterocycles. The van der Waals surface area contributed by atoms with Gasteiger partial charge in [0.25, 0.3) is 5.91 Å². The molecule has 0 N–H and O–H groups in total. The minimum absolute atomic E-state index is 0.0642. The Balaban J connectivity index is 1.62. The lowest BCUT2D eigenvalue weighted by atomic mass is 10.2. The van der Waals surface area contributed by atoms with Gasteiger partial charge in [0.15, 0.2) is 0 Å². The van der Waals surface area contributed by atoms with Crippen LogP contribution in [0.4, 0.5) is 4.39 Å². The van der Waals surface area contributed by atoms with Gasteiger partial charge in [-0.05, 0) is 19.9 Å². The second-order valence-corrected chi connectivity index (χ2v) is 6.54. The van der Waals surface area contributed by atoms with Gasteiger partial charge in [0.2, 0.25) is 5.82 Å². The van der Waals surface area contributed by atoms with Gasteiger partial charge in [-0.15, -0.1) is 5.10 Å². The number of nitrogens with zero attached hydrogens (tertiary/aromatic N) is 5. The standard InChI is InChI=1S/C18H18FN5O3/c1-11-14(12(2)27-21-11)10-24-18(26)23-8-7-22(17(25)16(23)20-24)9-13-5-3-4-6-15(13)19/h3-6H,7-10H2,1-2H3. The number of rotatable bonds is 4. The first-order valence-corrected chi connectivity index (χ1v) is 8.57. The van der Waals surface area contributed by atoms with Crippen molar-refractivity contribution in [2.24, 2.45) is 0 Å². The maximum atomic E-state index is 13.9. The van der Waals surface area contributed by atoms with E-state index in [-0.39, 0.29) is 36.3 Å². The molecule has 0 fully saturated rings. The molecule has 4 rings (SSSR count). The molecule has 8 nitrogen and oxygen atoms in total. The van der Waals surface area contributed by atoms with E-state index in [1.54, 1.807) is 32.0 Å². The molecule has 0 unspecified atom stereocenters. The van der Waals surface area contributed by atoms with E-state index in [1.807, 2.05) is 0 Å². The molecule has 1 aliphatic rings. The van der Waals surface area contributed by atoms with Crippen molar-refractivity contribution in [1.29, 1.82) is 0 Å². The predicted molar refractivity (Wildman–Crippen MR) is 92.7 cm³/mol. The highest BCUT2D eigenvalue weighted by Crippen LogP contribution is 2.16. The van der Waals surface area contributed by atoms with Crippen LogP contribution in [0.3, 0.4) is 0 Å². The molecule has 0 saturated carbocycles. The minimum Gasteiger partial charge on any atom is -0.361 e. The van der Waals surface area contributed by atoms with Crippen LogP contribution < -0.4 is 5.69 Å². The van der Waals surface area contributed by atoms with Crippen LogP contribution in [0.25, 0.3) is 0 Å². The summed E-state index contributed by atoms with van der Waals surface area (Å²) in [5.74, 6) is -0.0801. The Labute approximate surface area is 153 Å². The van der Waals surface area contributed by atoms with E-state index in [2.05, 4.69) is 10.3 Å². The molecule has 0 atom stereocenters. The Kier molecular flexibility index (Phi) is 4.14. The number of aryl methyl sites for hydroxylation is 2. The van der Waals surface area contributed by atoms with Crippen LogP contribution in [0, 0.1) is 19.7 Å². The third-order valence-corrected chi connectivity index (χ3v) is 4.80. The van der Waals surface area contributed by atoms with Gasteiger partial charge in [-0.3, -0.25) is 9.36 Å². The largest absolute Gasteiger partial charge is 0.361 e. The number of carbonyl (C=O) groups excluding carboxylic acids is 1. The molecule has 1 amide bonds. The zero-order chi connectivity index (χ0) is 19.1. The van der Waals surface area contributed by atoms with Gasteiger partial charge in [-0.25, -0.2) is 13.9 Å². The van der Waals surface area contributed by atoms with Crippen LogP contribution in [-0.4, -0.2) is 36.9 Å². The maximum Gasteiger partial charge on any atom is 0.346 e. The Morgan fingerprint density at radius 3 is 2.63 bits per heavy atom. The van der Waals surface area contributed by atoms with Crippen LogP contribution in [0.15, 0.2) is 33.6 Å². The number of halogens is 1. The third-order valence-electron chi connectivity index (χ3n) is 4.80. The average Bonchev–Trinajstić information content (AvgIpc) is 3.14. The van der Waals surface area contributed by atoms with E-state index in [0.29, 0.717) is 30.1 Å². The summed E-state index contributed by atoms with van der Waals surface area (Å²) in [6, 6.07) is 6.32. The fourth-order valence-corrected chi connectivity index (χ4v) is 3.23. The molecule has 1 aromatic carbocycles. The molecular weight excluding hydrogens is 353 g/mol. The number of amides is 1. The van der Waals surface area contributed by atoms with Crippen molar-refractivity contribution in [3.8, 4) is 0 Å². The lowest BCUT2D eigenvalue weighted by Crippen LogP contribution is -2.42. The number of fused-ring (bicyclic) bond motifs is 1. The molecule has 0 saturated heterocycles. The summed E-state index contributed by atoms with van der Waals surface area (Å²) in [6.07, 6.45) is 0. The van der Waals surface area contributed by atoms with Gasteiger partial charge in [-0.1, -0.05) is 23.4 Å². The second-order valence-electron chi connectivity index (χ2n) is 6.54. The zero-order valence-corrected chi connectivity index (χ0v) is 15.0. The molecule has 0 aliphatic carbocycles. The Morgan fingerprint density at radius 1 is 1.15 bits per heavy atom. The molecule has 140 valence electrons. The van der Waals surface area contributed by atoms with E-state index in [9.17, 15) is 14.0 Å². The summed E-state index contributed by atoms with van der Waals surface area (Å²) in [6.45, 7) is 4.50. The zero-order valence-electron chi connectivity index (χ0n) is 15.0. The third kappa shape index (κ3) is 2.94. The van der Waals surface area contributed by atoms with E-state index in [1.165, 1.54) is 20.2 Å². The summed E-state index contributed by atoms with van der Waals surface area (Å²) in [7, 11) is 0. The van der Waals surface area contributed by atoms with Crippen molar-refractivity contribution in [2.75, 3.05) is 6.54 Å². The van der Waals surface area contributed by atoms with Crippen LogP contribution >= 0.6 is 0 Å². The first kappa shape index (κ1) is 17.2. The van der Waals surface area contributed by atoms with Crippen LogP contribution in [0.5, 0.6) is 0 Å². The predicted octanol–water partition coefficient (Wildman–Crippen LogP) is 1.49. The summed E-state index contributed by atoms with van der Waals surface area (Å²) < 4.78 is 21.6. The number of aromatic nitrogens is 4. The SMILES string of the molecule is Cc1noc(C)c1Cn1nc2n(c1=O)CCN(Cc1ccccc1F)C2=O. The van der Waals surface area contributed by atoms with Crippen molar-refractivity contribution in [2.45, 2.75) is 33.5 Å². The van der Waals surface area contributed by atoms with E-state index in [0.717, 1.165) is 5.56 Å². The monoisotopic (exact) mass is 371 g/mol. The molecule has 9 heteroatoms. The van der Waals surface area contributed by atoms with Gasteiger partial charge in [0, 0.05) is 30.8 Å². The van der Waals surface area contributed by atoms with Gasteiger partial charge in [0.1, 0.15) is 11.6 Å². The maximum absolute atomic E-state index is 13.9. The highest BCUT2D eigenvalue weighted by Gasteiger charge is 2.30. The summed E-state index contributed by atoms with van der Waals surface area (Å²) in [4.78, 5) is 26.9. The van der Waals surface area contributed by atoms with Crippen molar-refractivity contribution in [1.82, 2.24) is 24.4 Å².